The van der Waals surface area contributed by atoms with Crippen molar-refractivity contribution in [3.05, 3.63) is 0 Å². The van der Waals surface area contributed by atoms with E-state index >= 15 is 0 Å². The van der Waals surface area contributed by atoms with Crippen LogP contribution in [0.1, 0.15) is 25.7 Å². The van der Waals surface area contributed by atoms with Gasteiger partial charge in [-0.3, -0.25) is 0 Å². The molecule has 1 spiro atoms. The van der Waals surface area contributed by atoms with Crippen LogP contribution in [-0.2, 0) is 4.84 Å². The molecule has 0 radical (unpaired) electrons. The van der Waals surface area contributed by atoms with E-state index in [9.17, 15) is 0 Å². The molecule has 1 heterocycles. The second kappa shape index (κ2) is 1.96. The van der Waals surface area contributed by atoms with E-state index in [0.29, 0.717) is 5.41 Å². The molecule has 0 atom stereocenters. The molecular formula is C7H13NO. The summed E-state index contributed by atoms with van der Waals surface area (Å²) in [7, 11) is 0. The smallest absolute Gasteiger partial charge is 0.0751 e. The minimum Gasteiger partial charge on any atom is -0.301 e. The van der Waals surface area contributed by atoms with Gasteiger partial charge in [0.1, 0.15) is 0 Å². The maximum atomic E-state index is 5.13. The van der Waals surface area contributed by atoms with Gasteiger partial charge in [0.2, 0.25) is 0 Å². The van der Waals surface area contributed by atoms with Crippen molar-refractivity contribution in [1.82, 2.24) is 5.48 Å². The monoisotopic (exact) mass is 127 g/mol. The lowest BCUT2D eigenvalue weighted by atomic mass is 9.88. The normalized spacial score (nSPS) is 32.0. The molecule has 1 N–H and O–H groups in total. The summed E-state index contributed by atoms with van der Waals surface area (Å²) in [6.45, 7) is 2.04. The molecule has 2 fully saturated rings. The van der Waals surface area contributed by atoms with Crippen molar-refractivity contribution < 1.29 is 4.84 Å². The van der Waals surface area contributed by atoms with Gasteiger partial charge in [-0.2, -0.15) is 0 Å². The SMILES string of the molecule is C1CCC2(C1)CNOC2. The lowest BCUT2D eigenvalue weighted by Gasteiger charge is -2.17. The Balaban J connectivity index is 2.04. The van der Waals surface area contributed by atoms with E-state index in [2.05, 4.69) is 5.48 Å². The lowest BCUT2D eigenvalue weighted by Crippen LogP contribution is -2.21. The molecule has 1 aliphatic heterocycles. The van der Waals surface area contributed by atoms with Gasteiger partial charge in [-0.15, -0.1) is 0 Å². The Morgan fingerprint density at radius 1 is 1.22 bits per heavy atom. The largest absolute Gasteiger partial charge is 0.301 e. The minimum absolute atomic E-state index is 0.556. The minimum atomic E-state index is 0.556. The molecule has 2 rings (SSSR count). The van der Waals surface area contributed by atoms with E-state index in [0.717, 1.165) is 13.2 Å². The Bertz CT molecular complexity index is 84.0. The maximum absolute atomic E-state index is 5.13. The third-order valence-electron chi connectivity index (χ3n) is 2.59. The number of hydroxylamine groups is 1. The fourth-order valence-electron chi connectivity index (χ4n) is 1.91. The van der Waals surface area contributed by atoms with Crippen LogP contribution in [0, 0.1) is 5.41 Å². The Labute approximate surface area is 55.5 Å². The van der Waals surface area contributed by atoms with Crippen molar-refractivity contribution in [1.29, 1.82) is 0 Å². The zero-order valence-corrected chi connectivity index (χ0v) is 5.65. The summed E-state index contributed by atoms with van der Waals surface area (Å²) in [4.78, 5) is 5.13. The second-order valence-electron chi connectivity index (χ2n) is 3.32. The first-order valence-electron chi connectivity index (χ1n) is 3.76. The zero-order valence-electron chi connectivity index (χ0n) is 5.65. The van der Waals surface area contributed by atoms with Crippen LogP contribution in [0.2, 0.25) is 0 Å². The van der Waals surface area contributed by atoms with Crippen molar-refractivity contribution in [2.45, 2.75) is 25.7 Å². The van der Waals surface area contributed by atoms with Crippen LogP contribution in [0.4, 0.5) is 0 Å². The predicted molar refractivity (Wildman–Crippen MR) is 34.9 cm³/mol. The summed E-state index contributed by atoms with van der Waals surface area (Å²) >= 11 is 0. The van der Waals surface area contributed by atoms with Gasteiger partial charge in [-0.1, -0.05) is 12.8 Å². The zero-order chi connectivity index (χ0) is 6.16. The quantitative estimate of drug-likeness (QED) is 0.525. The van der Waals surface area contributed by atoms with Gasteiger partial charge in [-0.25, -0.2) is 5.48 Å². The van der Waals surface area contributed by atoms with E-state index in [1.165, 1.54) is 25.7 Å². The standard InChI is InChI=1S/C7H13NO/c1-2-4-7(3-1)5-8-9-6-7/h8H,1-6H2. The van der Waals surface area contributed by atoms with Gasteiger partial charge in [0, 0.05) is 12.0 Å². The molecule has 1 saturated carbocycles. The Kier molecular flexibility index (Phi) is 1.24. The van der Waals surface area contributed by atoms with Gasteiger partial charge >= 0.3 is 0 Å². The third-order valence-corrected chi connectivity index (χ3v) is 2.59. The van der Waals surface area contributed by atoms with E-state index in [4.69, 9.17) is 4.84 Å². The molecule has 0 aromatic rings. The van der Waals surface area contributed by atoms with E-state index < -0.39 is 0 Å². The molecule has 0 aromatic carbocycles. The molecule has 9 heavy (non-hydrogen) atoms. The molecule has 52 valence electrons. The summed E-state index contributed by atoms with van der Waals surface area (Å²) in [6.07, 6.45) is 5.57. The van der Waals surface area contributed by atoms with Gasteiger partial charge < -0.3 is 4.84 Å². The van der Waals surface area contributed by atoms with E-state index in [1.807, 2.05) is 0 Å². The molecule has 1 saturated heterocycles. The molecule has 2 aliphatic rings. The molecular weight excluding hydrogens is 114 g/mol. The molecule has 0 amide bonds. The molecule has 1 aliphatic carbocycles. The number of hydrogen-bond acceptors (Lipinski definition) is 2. The first-order chi connectivity index (χ1) is 4.41. The maximum Gasteiger partial charge on any atom is 0.0751 e. The summed E-state index contributed by atoms with van der Waals surface area (Å²) in [5, 5.41) is 0. The highest BCUT2D eigenvalue weighted by Crippen LogP contribution is 2.39. The van der Waals surface area contributed by atoms with Crippen LogP contribution in [0.25, 0.3) is 0 Å². The van der Waals surface area contributed by atoms with E-state index in [1.54, 1.807) is 0 Å². The highest BCUT2D eigenvalue weighted by molar-refractivity contribution is 4.87. The Morgan fingerprint density at radius 2 is 2.00 bits per heavy atom. The number of hydrogen-bond donors (Lipinski definition) is 1. The van der Waals surface area contributed by atoms with Crippen molar-refractivity contribution >= 4 is 0 Å². The fourth-order valence-corrected chi connectivity index (χ4v) is 1.91. The fraction of sp³-hybridized carbons (Fsp3) is 1.00. The van der Waals surface area contributed by atoms with Crippen LogP contribution in [-0.4, -0.2) is 13.2 Å². The van der Waals surface area contributed by atoms with Gasteiger partial charge in [-0.05, 0) is 12.8 Å². The highest BCUT2D eigenvalue weighted by Gasteiger charge is 2.37. The predicted octanol–water partition coefficient (Wildman–Crippen LogP) is 1.08. The van der Waals surface area contributed by atoms with Gasteiger partial charge in [0.25, 0.3) is 0 Å². The Morgan fingerprint density at radius 3 is 2.56 bits per heavy atom. The molecule has 2 nitrogen and oxygen atoms in total. The van der Waals surface area contributed by atoms with Crippen LogP contribution in [0.5, 0.6) is 0 Å². The van der Waals surface area contributed by atoms with Gasteiger partial charge in [0.15, 0.2) is 0 Å². The lowest BCUT2D eigenvalue weighted by molar-refractivity contribution is 0.0850. The van der Waals surface area contributed by atoms with Gasteiger partial charge in [0.05, 0.1) is 6.61 Å². The van der Waals surface area contributed by atoms with Crippen LogP contribution in [0.3, 0.4) is 0 Å². The van der Waals surface area contributed by atoms with Crippen LogP contribution >= 0.6 is 0 Å². The average Bonchev–Trinajstić information content (AvgIpc) is 2.45. The van der Waals surface area contributed by atoms with Crippen molar-refractivity contribution in [3.8, 4) is 0 Å². The first kappa shape index (κ1) is 5.69. The second-order valence-corrected chi connectivity index (χ2v) is 3.32. The molecule has 0 unspecified atom stereocenters. The topological polar surface area (TPSA) is 21.3 Å². The Hall–Kier alpha value is -0.0800. The number of rotatable bonds is 0. The molecule has 0 aromatic heterocycles. The van der Waals surface area contributed by atoms with Crippen molar-refractivity contribution in [2.24, 2.45) is 5.41 Å². The van der Waals surface area contributed by atoms with Crippen LogP contribution < -0.4 is 5.48 Å². The van der Waals surface area contributed by atoms with Crippen molar-refractivity contribution in [3.63, 3.8) is 0 Å². The number of nitrogens with one attached hydrogen (secondary N) is 1. The third kappa shape index (κ3) is 0.864. The van der Waals surface area contributed by atoms with E-state index in [-0.39, 0.29) is 0 Å². The average molecular weight is 127 g/mol. The van der Waals surface area contributed by atoms with Crippen molar-refractivity contribution in [2.75, 3.05) is 13.2 Å². The first-order valence-corrected chi connectivity index (χ1v) is 3.76. The summed E-state index contributed by atoms with van der Waals surface area (Å²) in [5.74, 6) is 0. The summed E-state index contributed by atoms with van der Waals surface area (Å²) < 4.78 is 0. The highest BCUT2D eigenvalue weighted by atomic mass is 16.7. The van der Waals surface area contributed by atoms with Crippen LogP contribution in [0.15, 0.2) is 0 Å². The summed E-state index contributed by atoms with van der Waals surface area (Å²) in [6, 6.07) is 0. The summed E-state index contributed by atoms with van der Waals surface area (Å²) in [5.41, 5.74) is 3.51. The molecule has 0 bridgehead atoms. The molecule has 2 heteroatoms.